The van der Waals surface area contributed by atoms with Gasteiger partial charge in [-0.05, 0) is 111 Å². The fourth-order valence-electron chi connectivity index (χ4n) is 10.9. The molecule has 0 atom stereocenters. The number of halogens is 1. The number of thiazole rings is 1. The van der Waals surface area contributed by atoms with Crippen LogP contribution in [0, 0.1) is 26.7 Å². The van der Waals surface area contributed by atoms with E-state index < -0.39 is 0 Å². The summed E-state index contributed by atoms with van der Waals surface area (Å²) in [5.41, 5.74) is 6.87. The fourth-order valence-corrected chi connectivity index (χ4v) is 11.9. The van der Waals surface area contributed by atoms with Crippen molar-refractivity contribution in [3.8, 4) is 57.5 Å². The van der Waals surface area contributed by atoms with Gasteiger partial charge in [0.2, 0.25) is 0 Å². The van der Waals surface area contributed by atoms with E-state index in [0.717, 1.165) is 40.4 Å². The molecular formula is C85H73ClN16O10S. The van der Waals surface area contributed by atoms with Gasteiger partial charge in [-0.25, -0.2) is 24.9 Å². The molecule has 13 aromatic heterocycles. The third kappa shape index (κ3) is 27.0. The number of Topliss-reactive ketones (excluding diaryl/α,β-unsaturated/α-hetero) is 5. The van der Waals surface area contributed by atoms with Crippen molar-refractivity contribution in [2.24, 2.45) is 5.92 Å². The number of benzene rings is 1. The molecule has 13 heterocycles. The zero-order valence-electron chi connectivity index (χ0n) is 61.5. The molecule has 1 aliphatic rings. The monoisotopic (exact) mass is 1540 g/mol. The van der Waals surface area contributed by atoms with Crippen LogP contribution >= 0.6 is 22.9 Å². The first-order valence-electron chi connectivity index (χ1n) is 35.5. The molecular weight excluding hydrogens is 1470 g/mol. The van der Waals surface area contributed by atoms with Gasteiger partial charge < -0.3 is 23.7 Å². The van der Waals surface area contributed by atoms with Crippen molar-refractivity contribution in [2.45, 2.75) is 85.0 Å². The van der Waals surface area contributed by atoms with Crippen molar-refractivity contribution in [1.82, 2.24) is 79.7 Å². The number of rotatable bonds is 25. The Morgan fingerprint density at radius 3 is 1.21 bits per heavy atom. The zero-order chi connectivity index (χ0) is 78.8. The predicted molar refractivity (Wildman–Crippen MR) is 420 cm³/mol. The quantitative estimate of drug-likeness (QED) is 0.0480. The van der Waals surface area contributed by atoms with Crippen LogP contribution in [-0.4, -0.2) is 109 Å². The second-order valence-electron chi connectivity index (χ2n) is 25.1. The number of ether oxygens (including phenoxy) is 5. The Kier molecular flexibility index (Phi) is 29.9. The van der Waals surface area contributed by atoms with Crippen molar-refractivity contribution in [2.75, 3.05) is 0 Å². The molecule has 14 aromatic rings. The maximum absolute atomic E-state index is 12.4. The van der Waals surface area contributed by atoms with Crippen molar-refractivity contribution >= 4 is 51.9 Å². The maximum atomic E-state index is 12.4. The van der Waals surface area contributed by atoms with E-state index in [1.165, 1.54) is 80.4 Å². The summed E-state index contributed by atoms with van der Waals surface area (Å²) < 4.78 is 28.2. The number of carbonyl (C=O) groups is 5. The lowest BCUT2D eigenvalue weighted by atomic mass is 9.85. The minimum Gasteiger partial charge on any atom is -0.456 e. The molecule has 0 aliphatic heterocycles. The summed E-state index contributed by atoms with van der Waals surface area (Å²) >= 11 is 7.37. The standard InChI is InChI=1S/C19H16N2O2.C18H20N2O2.C16H11ClN4O2.C16H13N5O2.C16H13N3O2S/c1-14-4-2-5-15(10-14)11-19(22)18-12-16(7-9-21-18)23-17-6-3-8-20-13-17;21-18(11-14-5-2-1-3-6-14)17-12-15(8-10-20-17)22-16-7-4-9-19-13-16;17-11-1-3-20-12(5-11)6-16(22)15-7-13(2-4-21-15)23-14-8-18-10-19-9-14;1-11-6-17-7-12(21-11)4-16(22)15-5-13(2-3-20-15)23-14-8-18-10-19-9-14;1-11-10-22-16(19-11)8-15(20)14-7-12(4-6-18-14)21-13-3-2-5-17-9-13/h2-10,12-13H,11H2,1H3;4,7-10,12-14H,1-3,5-6,11H2;1-5,7-10H,6H2;2-3,5-10H,4H2,1H3;2-7,9-10H,8H2,1H3. The molecule has 28 heteroatoms. The van der Waals surface area contributed by atoms with Gasteiger partial charge in [-0.1, -0.05) is 73.5 Å². The number of aryl methyl sites for hydroxylation is 3. The average molecular weight is 1550 g/mol. The van der Waals surface area contributed by atoms with Gasteiger partial charge in [0.05, 0.1) is 74.0 Å². The topological polar surface area (TPSA) is 338 Å². The molecule has 1 saturated carbocycles. The fraction of sp³-hybridized carbons (Fsp3) is 0.165. The van der Waals surface area contributed by atoms with Crippen LogP contribution in [-0.2, 0) is 25.7 Å². The molecule has 0 radical (unpaired) electrons. The van der Waals surface area contributed by atoms with E-state index in [1.54, 1.807) is 165 Å². The van der Waals surface area contributed by atoms with Crippen LogP contribution in [0.3, 0.4) is 0 Å². The van der Waals surface area contributed by atoms with Crippen molar-refractivity contribution in [1.29, 1.82) is 0 Å². The molecule has 0 N–H and O–H groups in total. The van der Waals surface area contributed by atoms with Gasteiger partial charge in [0.15, 0.2) is 40.4 Å². The molecule has 0 amide bonds. The normalized spacial score (nSPS) is 11.3. The van der Waals surface area contributed by atoms with Crippen molar-refractivity contribution in [3.05, 3.63) is 335 Å². The SMILES string of the molecule is Cc1cccc(CC(=O)c2cc(Oc3cccnc3)ccn2)c1.Cc1cncc(CC(=O)c2cc(Oc3cncnc3)ccn2)n1.Cc1csc(CC(=O)c2cc(Oc3cccnc3)ccn2)n1.O=C(CC1CCCCC1)c1cc(Oc2cccnc2)ccn1.O=C(Cc1cc(Cl)ccn1)c1cc(Oc2cncnc2)ccn1. The van der Waals surface area contributed by atoms with Crippen LogP contribution in [0.1, 0.15) is 130 Å². The Morgan fingerprint density at radius 1 is 0.363 bits per heavy atom. The van der Waals surface area contributed by atoms with Gasteiger partial charge in [0, 0.05) is 133 Å². The number of ketones is 5. The van der Waals surface area contributed by atoms with Crippen LogP contribution in [0.25, 0.3) is 0 Å². The number of hydrogen-bond acceptors (Lipinski definition) is 27. The molecule has 0 bridgehead atoms. The Bertz CT molecular complexity index is 5100. The lowest BCUT2D eigenvalue weighted by molar-refractivity contribution is 0.0941. The third-order valence-corrected chi connectivity index (χ3v) is 17.3. The van der Waals surface area contributed by atoms with Gasteiger partial charge in [0.25, 0.3) is 0 Å². The van der Waals surface area contributed by atoms with Gasteiger partial charge in [0.1, 0.15) is 92.1 Å². The summed E-state index contributed by atoms with van der Waals surface area (Å²) in [5.74, 6) is 5.78. The van der Waals surface area contributed by atoms with E-state index >= 15 is 0 Å². The molecule has 1 fully saturated rings. The van der Waals surface area contributed by atoms with E-state index in [0.29, 0.717) is 121 Å². The first-order valence-corrected chi connectivity index (χ1v) is 36.8. The van der Waals surface area contributed by atoms with Crippen molar-refractivity contribution < 1.29 is 47.7 Å². The molecule has 566 valence electrons. The highest BCUT2D eigenvalue weighted by molar-refractivity contribution is 7.09. The van der Waals surface area contributed by atoms with Crippen LogP contribution in [0.5, 0.6) is 57.5 Å². The highest BCUT2D eigenvalue weighted by atomic mass is 35.5. The molecule has 1 aliphatic carbocycles. The number of carbonyl (C=O) groups excluding carboxylic acids is 5. The summed E-state index contributed by atoms with van der Waals surface area (Å²) in [6.07, 6.45) is 39.0. The number of nitrogens with zero attached hydrogens (tertiary/aromatic N) is 16. The Morgan fingerprint density at radius 2 is 0.788 bits per heavy atom. The first-order chi connectivity index (χ1) is 55.1. The van der Waals surface area contributed by atoms with Crippen LogP contribution < -0.4 is 23.7 Å². The Labute approximate surface area is 659 Å². The summed E-state index contributed by atoms with van der Waals surface area (Å²) in [5, 5.41) is 3.26. The summed E-state index contributed by atoms with van der Waals surface area (Å²) in [6.45, 7) is 5.75. The van der Waals surface area contributed by atoms with Crippen LogP contribution in [0.2, 0.25) is 5.02 Å². The average Bonchev–Trinajstić information content (AvgIpc) is 1.75. The molecule has 0 unspecified atom stereocenters. The Balaban J connectivity index is 0.000000139. The first kappa shape index (κ1) is 80.1. The van der Waals surface area contributed by atoms with Crippen LogP contribution in [0.4, 0.5) is 0 Å². The highest BCUT2D eigenvalue weighted by Crippen LogP contribution is 2.30. The van der Waals surface area contributed by atoms with E-state index in [4.69, 9.17) is 35.3 Å². The minimum atomic E-state index is -0.172. The molecule has 113 heavy (non-hydrogen) atoms. The van der Waals surface area contributed by atoms with E-state index in [2.05, 4.69) is 79.7 Å². The summed E-state index contributed by atoms with van der Waals surface area (Å²) in [4.78, 5) is 126. The van der Waals surface area contributed by atoms with E-state index in [1.807, 2.05) is 68.6 Å². The number of pyridine rings is 9. The van der Waals surface area contributed by atoms with E-state index in [9.17, 15) is 24.0 Å². The third-order valence-electron chi connectivity index (χ3n) is 16.1. The summed E-state index contributed by atoms with van der Waals surface area (Å²) in [6, 6.07) is 38.7. The number of aromatic nitrogens is 16. The van der Waals surface area contributed by atoms with Gasteiger partial charge in [-0.3, -0.25) is 78.8 Å². The Hall–Kier alpha value is -13.9. The molecule has 26 nitrogen and oxygen atoms in total. The van der Waals surface area contributed by atoms with Gasteiger partial charge >= 0.3 is 0 Å². The second kappa shape index (κ2) is 42.2. The lowest BCUT2D eigenvalue weighted by Gasteiger charge is -2.20. The minimum absolute atomic E-state index is 0.0350. The lowest BCUT2D eigenvalue weighted by Crippen LogP contribution is -2.13. The molecule has 0 spiro atoms. The highest BCUT2D eigenvalue weighted by Gasteiger charge is 2.21. The smallest absolute Gasteiger partial charge is 0.188 e. The van der Waals surface area contributed by atoms with Gasteiger partial charge in [-0.2, -0.15) is 0 Å². The zero-order valence-corrected chi connectivity index (χ0v) is 63.1. The molecule has 15 rings (SSSR count). The van der Waals surface area contributed by atoms with Crippen LogP contribution in [0.15, 0.2) is 263 Å². The largest absolute Gasteiger partial charge is 0.456 e. The maximum Gasteiger partial charge on any atom is 0.188 e. The van der Waals surface area contributed by atoms with Gasteiger partial charge in [-0.15, -0.1) is 11.3 Å². The predicted octanol–water partition coefficient (Wildman–Crippen LogP) is 17.2. The second-order valence-corrected chi connectivity index (χ2v) is 26.5. The summed E-state index contributed by atoms with van der Waals surface area (Å²) in [7, 11) is 0. The van der Waals surface area contributed by atoms with Crippen molar-refractivity contribution in [3.63, 3.8) is 0 Å². The molecule has 1 aromatic carbocycles. The van der Waals surface area contributed by atoms with E-state index in [-0.39, 0.29) is 48.2 Å². The molecule has 0 saturated heterocycles. The number of hydrogen-bond donors (Lipinski definition) is 0.